The molecule has 0 amide bonds. The van der Waals surface area contributed by atoms with Gasteiger partial charge in [0.05, 0.1) is 13.0 Å². The van der Waals surface area contributed by atoms with E-state index >= 15 is 0 Å². The Morgan fingerprint density at radius 1 is 1.30 bits per heavy atom. The minimum atomic E-state index is -0.0439. The summed E-state index contributed by atoms with van der Waals surface area (Å²) in [4.78, 5) is 15.0. The molecule has 4 unspecified atom stereocenters. The lowest BCUT2D eigenvalue weighted by atomic mass is 9.76. The number of methoxy groups -OCH3 is 1. The van der Waals surface area contributed by atoms with Gasteiger partial charge in [0.2, 0.25) is 0 Å². The Morgan fingerprint density at radius 3 is 2.70 bits per heavy atom. The van der Waals surface area contributed by atoms with E-state index in [0.717, 1.165) is 19.3 Å². The lowest BCUT2D eigenvalue weighted by Gasteiger charge is -2.42. The quantitative estimate of drug-likeness (QED) is 0.427. The second-order valence-corrected chi connectivity index (χ2v) is 9.00. The molecule has 2 saturated heterocycles. The second-order valence-electron chi connectivity index (χ2n) is 6.67. The predicted molar refractivity (Wildman–Crippen MR) is 109 cm³/mol. The molecule has 2 bridgehead atoms. The van der Waals surface area contributed by atoms with Crippen molar-refractivity contribution in [1.82, 2.24) is 4.90 Å². The average molecular weight is 539 g/mol. The molecule has 3 rings (SSSR count). The maximum absolute atomic E-state index is 12.6. The molecule has 1 aromatic carbocycles. The van der Waals surface area contributed by atoms with E-state index < -0.39 is 0 Å². The molecule has 23 heavy (non-hydrogen) atoms. The van der Waals surface area contributed by atoms with Crippen molar-refractivity contribution in [2.75, 3.05) is 14.2 Å². The molecule has 0 spiro atoms. The van der Waals surface area contributed by atoms with Crippen molar-refractivity contribution in [1.29, 1.82) is 0 Å². The van der Waals surface area contributed by atoms with Crippen LogP contribution < -0.4 is 0 Å². The van der Waals surface area contributed by atoms with Crippen molar-refractivity contribution >= 4 is 51.2 Å². The minimum absolute atomic E-state index is 0.0412. The Kier molecular flexibility index (Phi) is 5.57. The van der Waals surface area contributed by atoms with Crippen LogP contribution >= 0.6 is 45.2 Å². The summed E-state index contributed by atoms with van der Waals surface area (Å²) in [5, 5.41) is 0. The van der Waals surface area contributed by atoms with E-state index in [2.05, 4.69) is 76.2 Å². The van der Waals surface area contributed by atoms with Crippen molar-refractivity contribution < 1.29 is 9.53 Å². The number of hydrogen-bond donors (Lipinski definition) is 0. The lowest BCUT2D eigenvalue weighted by molar-refractivity contribution is -0.150. The number of carbonyl (C=O) groups is 1. The topological polar surface area (TPSA) is 29.5 Å². The van der Waals surface area contributed by atoms with Crippen molar-refractivity contribution in [2.24, 2.45) is 5.92 Å². The van der Waals surface area contributed by atoms with E-state index in [-0.39, 0.29) is 17.8 Å². The number of fused-ring (bicyclic) bond motifs is 2. The van der Waals surface area contributed by atoms with Gasteiger partial charge in [0, 0.05) is 25.1 Å². The van der Waals surface area contributed by atoms with Gasteiger partial charge in [0.15, 0.2) is 0 Å². The number of piperidine rings is 1. The SMILES string of the molecule is CCc1cc(I)c(C2CC3CCC(C2C(=O)OC)N3C)cc1I. The molecule has 1 aromatic rings. The molecule has 2 fully saturated rings. The summed E-state index contributed by atoms with van der Waals surface area (Å²) in [5.41, 5.74) is 2.73. The number of hydrogen-bond acceptors (Lipinski definition) is 3. The summed E-state index contributed by atoms with van der Waals surface area (Å²) in [5.74, 6) is 0.195. The van der Waals surface area contributed by atoms with E-state index in [1.54, 1.807) is 0 Å². The number of esters is 1. The Bertz CT molecular complexity index is 619. The van der Waals surface area contributed by atoms with Gasteiger partial charge < -0.3 is 4.74 Å². The van der Waals surface area contributed by atoms with Gasteiger partial charge in [-0.05, 0) is 101 Å². The Labute approximate surface area is 165 Å². The number of nitrogens with zero attached hydrogens (tertiary/aromatic N) is 1. The summed E-state index contributed by atoms with van der Waals surface area (Å²) in [6.45, 7) is 2.19. The third-order valence-corrected chi connectivity index (χ3v) is 7.63. The van der Waals surface area contributed by atoms with Crippen molar-refractivity contribution in [3.63, 3.8) is 0 Å². The van der Waals surface area contributed by atoms with Crippen LogP contribution in [-0.4, -0.2) is 37.1 Å². The third-order valence-electron chi connectivity index (χ3n) is 5.69. The molecule has 0 radical (unpaired) electrons. The van der Waals surface area contributed by atoms with E-state index in [0.29, 0.717) is 12.1 Å². The van der Waals surface area contributed by atoms with Crippen LogP contribution in [0.2, 0.25) is 0 Å². The Balaban J connectivity index is 2.03. The second kappa shape index (κ2) is 7.15. The zero-order valence-corrected chi connectivity index (χ0v) is 18.1. The van der Waals surface area contributed by atoms with Gasteiger partial charge in [0.25, 0.3) is 0 Å². The van der Waals surface area contributed by atoms with E-state index in [1.165, 1.54) is 31.8 Å². The van der Waals surface area contributed by atoms with Gasteiger partial charge in [0.1, 0.15) is 0 Å². The predicted octanol–water partition coefficient (Wildman–Crippen LogP) is 4.20. The number of carbonyl (C=O) groups excluding carboxylic acids is 1. The highest BCUT2D eigenvalue weighted by atomic mass is 127. The van der Waals surface area contributed by atoms with Crippen LogP contribution in [0, 0.1) is 13.1 Å². The van der Waals surface area contributed by atoms with Crippen LogP contribution in [0.3, 0.4) is 0 Å². The minimum Gasteiger partial charge on any atom is -0.469 e. The number of halogens is 2. The number of benzene rings is 1. The molecule has 0 aliphatic carbocycles. The smallest absolute Gasteiger partial charge is 0.310 e. The molecule has 4 atom stereocenters. The van der Waals surface area contributed by atoms with Gasteiger partial charge in [-0.2, -0.15) is 0 Å². The molecule has 5 heteroatoms. The fraction of sp³-hybridized carbons (Fsp3) is 0.611. The first-order valence-electron chi connectivity index (χ1n) is 8.25. The van der Waals surface area contributed by atoms with Crippen LogP contribution in [0.4, 0.5) is 0 Å². The summed E-state index contributed by atoms with van der Waals surface area (Å²) >= 11 is 4.88. The first-order valence-corrected chi connectivity index (χ1v) is 10.4. The zero-order valence-electron chi connectivity index (χ0n) is 13.8. The Morgan fingerprint density at radius 2 is 2.04 bits per heavy atom. The van der Waals surface area contributed by atoms with Gasteiger partial charge in [-0.3, -0.25) is 9.69 Å². The van der Waals surface area contributed by atoms with Crippen LogP contribution in [0.1, 0.15) is 43.2 Å². The fourth-order valence-corrected chi connectivity index (χ4v) is 6.21. The normalized spacial score (nSPS) is 30.5. The molecule has 2 aliphatic rings. The number of aryl methyl sites for hydroxylation is 1. The van der Waals surface area contributed by atoms with Crippen molar-refractivity contribution in [3.05, 3.63) is 30.4 Å². The van der Waals surface area contributed by atoms with Crippen LogP contribution in [-0.2, 0) is 16.0 Å². The van der Waals surface area contributed by atoms with E-state index in [4.69, 9.17) is 4.74 Å². The van der Waals surface area contributed by atoms with E-state index in [9.17, 15) is 4.79 Å². The van der Waals surface area contributed by atoms with Crippen molar-refractivity contribution in [3.8, 4) is 0 Å². The molecule has 126 valence electrons. The fourth-order valence-electron chi connectivity index (χ4n) is 4.40. The largest absolute Gasteiger partial charge is 0.469 e. The Hall–Kier alpha value is 0.110. The standard InChI is InChI=1S/C18H23I2NO2/c1-4-10-7-15(20)12(9-14(10)19)13-8-11-5-6-16(21(11)2)17(13)18(22)23-3/h7,9,11,13,16-17H,4-6,8H2,1-3H3. The molecule has 3 nitrogen and oxygen atoms in total. The van der Waals surface area contributed by atoms with Gasteiger partial charge in [-0.1, -0.05) is 6.92 Å². The summed E-state index contributed by atoms with van der Waals surface area (Å²) in [6, 6.07) is 5.54. The number of rotatable bonds is 3. The van der Waals surface area contributed by atoms with Gasteiger partial charge >= 0.3 is 5.97 Å². The highest BCUT2D eigenvalue weighted by Crippen LogP contribution is 2.47. The van der Waals surface area contributed by atoms with Crippen LogP contribution in [0.15, 0.2) is 12.1 Å². The highest BCUT2D eigenvalue weighted by Gasteiger charge is 2.50. The highest BCUT2D eigenvalue weighted by molar-refractivity contribution is 14.1. The average Bonchev–Trinajstić information content (AvgIpc) is 2.78. The van der Waals surface area contributed by atoms with Gasteiger partial charge in [-0.15, -0.1) is 0 Å². The molecular weight excluding hydrogens is 516 g/mol. The van der Waals surface area contributed by atoms with Crippen LogP contribution in [0.5, 0.6) is 0 Å². The molecule has 0 saturated carbocycles. The zero-order chi connectivity index (χ0) is 16.7. The molecule has 0 N–H and O–H groups in total. The maximum atomic E-state index is 12.6. The maximum Gasteiger partial charge on any atom is 0.310 e. The first-order chi connectivity index (χ1) is 11.0. The molecule has 0 aromatic heterocycles. The van der Waals surface area contributed by atoms with Crippen molar-refractivity contribution in [2.45, 2.75) is 50.6 Å². The molecule has 2 aliphatic heterocycles. The lowest BCUT2D eigenvalue weighted by Crippen LogP contribution is -2.49. The summed E-state index contributed by atoms with van der Waals surface area (Å²) in [7, 11) is 3.69. The summed E-state index contributed by atoms with van der Waals surface area (Å²) in [6.07, 6.45) is 4.42. The number of ether oxygens (including phenoxy) is 1. The van der Waals surface area contributed by atoms with E-state index in [1.807, 2.05) is 0 Å². The summed E-state index contributed by atoms with van der Waals surface area (Å²) < 4.78 is 7.79. The van der Waals surface area contributed by atoms with Gasteiger partial charge in [-0.25, -0.2) is 0 Å². The molecule has 2 heterocycles. The molecular formula is C18H23I2NO2. The third kappa shape index (κ3) is 3.17. The monoisotopic (exact) mass is 539 g/mol. The van der Waals surface area contributed by atoms with Crippen LogP contribution in [0.25, 0.3) is 0 Å². The first kappa shape index (κ1) is 17.9.